The van der Waals surface area contributed by atoms with E-state index in [2.05, 4.69) is 32.2 Å². The molecule has 0 spiro atoms. The van der Waals surface area contributed by atoms with Crippen molar-refractivity contribution in [2.24, 2.45) is 23.7 Å². The third kappa shape index (κ3) is 3.66. The van der Waals surface area contributed by atoms with E-state index in [1.807, 2.05) is 0 Å². The van der Waals surface area contributed by atoms with Crippen molar-refractivity contribution < 1.29 is 4.79 Å². The summed E-state index contributed by atoms with van der Waals surface area (Å²) in [4.78, 5) is 17.4. The average Bonchev–Trinajstić information content (AvgIpc) is 3.09. The number of carbonyl (C=O) groups excluding carboxylic acids is 1. The van der Waals surface area contributed by atoms with E-state index in [0.717, 1.165) is 67.3 Å². The average molecular weight is 390 g/mol. The van der Waals surface area contributed by atoms with Crippen LogP contribution < -0.4 is 5.32 Å². The van der Waals surface area contributed by atoms with E-state index in [1.54, 1.807) is 0 Å². The van der Waals surface area contributed by atoms with E-state index in [0.29, 0.717) is 11.7 Å². The highest BCUT2D eigenvalue weighted by Gasteiger charge is 2.50. The first-order valence-electron chi connectivity index (χ1n) is 10.8. The summed E-state index contributed by atoms with van der Waals surface area (Å²) in [5, 5.41) is 12.6. The van der Waals surface area contributed by atoms with Crippen LogP contribution in [-0.2, 0) is 11.2 Å². The molecule has 6 rings (SSSR count). The molecule has 4 aliphatic carbocycles. The monoisotopic (exact) mass is 389 g/mol. The molecule has 1 amide bonds. The van der Waals surface area contributed by atoms with E-state index >= 15 is 0 Å². The molecule has 5 fully saturated rings. The van der Waals surface area contributed by atoms with Crippen molar-refractivity contribution in [2.45, 2.75) is 51.5 Å². The van der Waals surface area contributed by atoms with Crippen molar-refractivity contribution in [1.82, 2.24) is 20.0 Å². The smallest absolute Gasteiger partial charge is 0.240 e. The molecule has 0 aromatic carbocycles. The van der Waals surface area contributed by atoms with E-state index in [4.69, 9.17) is 0 Å². The van der Waals surface area contributed by atoms with Gasteiger partial charge in [-0.3, -0.25) is 19.9 Å². The molecule has 148 valence electrons. The van der Waals surface area contributed by atoms with E-state index in [-0.39, 0.29) is 5.91 Å². The van der Waals surface area contributed by atoms with Gasteiger partial charge in [0.1, 0.15) is 5.01 Å². The maximum Gasteiger partial charge on any atom is 0.240 e. The molecular formula is C20H31N5OS. The quantitative estimate of drug-likeness (QED) is 0.838. The SMILES string of the molecule is CCc1nnc(NC(=O)CN2CCN(C3C4CC5CC(C4)CC3C5)CC2)s1. The van der Waals surface area contributed by atoms with Crippen LogP contribution in [0.3, 0.4) is 0 Å². The van der Waals surface area contributed by atoms with Gasteiger partial charge in [-0.1, -0.05) is 18.3 Å². The fourth-order valence-corrected chi connectivity index (χ4v) is 7.22. The highest BCUT2D eigenvalue weighted by molar-refractivity contribution is 7.15. The molecule has 2 heterocycles. The van der Waals surface area contributed by atoms with Crippen LogP contribution in [0.5, 0.6) is 0 Å². The Kier molecular flexibility index (Phi) is 4.94. The molecule has 1 N–H and O–H groups in total. The van der Waals surface area contributed by atoms with Crippen LogP contribution >= 0.6 is 11.3 Å². The molecule has 1 saturated heterocycles. The summed E-state index contributed by atoms with van der Waals surface area (Å²) in [6, 6.07) is 0.836. The summed E-state index contributed by atoms with van der Waals surface area (Å²) in [6.07, 6.45) is 8.34. The Hall–Kier alpha value is -1.05. The molecule has 6 nitrogen and oxygen atoms in total. The van der Waals surface area contributed by atoms with Gasteiger partial charge in [0, 0.05) is 32.2 Å². The summed E-state index contributed by atoms with van der Waals surface area (Å²) >= 11 is 1.47. The standard InChI is InChI=1S/C20H31N5OS/c1-2-18-22-23-20(27-18)21-17(26)12-24-3-5-25(6-4-24)19-15-8-13-7-14(10-15)11-16(19)9-13/h13-16,19H,2-12H2,1H3,(H,21,23,26). The van der Waals surface area contributed by atoms with Gasteiger partial charge >= 0.3 is 0 Å². The van der Waals surface area contributed by atoms with Crippen LogP contribution in [0.15, 0.2) is 0 Å². The second kappa shape index (κ2) is 7.41. The Morgan fingerprint density at radius 2 is 1.70 bits per heavy atom. The molecule has 1 aliphatic heterocycles. The normalized spacial score (nSPS) is 36.3. The van der Waals surface area contributed by atoms with Crippen molar-refractivity contribution in [3.63, 3.8) is 0 Å². The van der Waals surface area contributed by atoms with Gasteiger partial charge in [0.15, 0.2) is 0 Å². The van der Waals surface area contributed by atoms with E-state index in [9.17, 15) is 4.79 Å². The Balaban J connectivity index is 1.11. The van der Waals surface area contributed by atoms with Crippen molar-refractivity contribution in [1.29, 1.82) is 0 Å². The molecule has 27 heavy (non-hydrogen) atoms. The number of rotatable bonds is 5. The summed E-state index contributed by atoms with van der Waals surface area (Å²) in [6.45, 7) is 6.78. The minimum absolute atomic E-state index is 0.0388. The Bertz CT molecular complexity index is 656. The summed E-state index contributed by atoms with van der Waals surface area (Å²) < 4.78 is 0. The lowest BCUT2D eigenvalue weighted by Crippen LogP contribution is -2.60. The predicted octanol–water partition coefficient (Wildman–Crippen LogP) is 2.48. The van der Waals surface area contributed by atoms with Gasteiger partial charge in [-0.2, -0.15) is 0 Å². The Morgan fingerprint density at radius 3 is 2.30 bits per heavy atom. The molecule has 0 unspecified atom stereocenters. The van der Waals surface area contributed by atoms with E-state index < -0.39 is 0 Å². The maximum absolute atomic E-state index is 12.3. The number of hydrogen-bond donors (Lipinski definition) is 1. The van der Waals surface area contributed by atoms with Gasteiger partial charge < -0.3 is 0 Å². The van der Waals surface area contributed by atoms with Crippen molar-refractivity contribution >= 4 is 22.4 Å². The predicted molar refractivity (Wildman–Crippen MR) is 107 cm³/mol. The number of anilines is 1. The molecule has 0 radical (unpaired) electrons. The number of aromatic nitrogens is 2. The first-order valence-corrected chi connectivity index (χ1v) is 11.6. The summed E-state index contributed by atoms with van der Waals surface area (Å²) in [7, 11) is 0. The number of carbonyl (C=O) groups is 1. The molecule has 4 bridgehead atoms. The van der Waals surface area contributed by atoms with Crippen LogP contribution in [0.2, 0.25) is 0 Å². The molecule has 4 saturated carbocycles. The Labute approximate surface area is 165 Å². The lowest BCUT2D eigenvalue weighted by molar-refractivity contribution is -0.118. The van der Waals surface area contributed by atoms with Crippen LogP contribution in [0, 0.1) is 23.7 Å². The first kappa shape index (κ1) is 18.0. The van der Waals surface area contributed by atoms with Crippen molar-refractivity contribution in [3.8, 4) is 0 Å². The lowest BCUT2D eigenvalue weighted by atomic mass is 9.54. The molecule has 5 aliphatic rings. The summed E-state index contributed by atoms with van der Waals surface area (Å²) in [5.41, 5.74) is 0. The number of nitrogens with one attached hydrogen (secondary N) is 1. The van der Waals surface area contributed by atoms with Crippen molar-refractivity contribution in [2.75, 3.05) is 38.0 Å². The van der Waals surface area contributed by atoms with E-state index in [1.165, 1.54) is 43.4 Å². The largest absolute Gasteiger partial charge is 0.299 e. The van der Waals surface area contributed by atoms with Crippen LogP contribution in [0.25, 0.3) is 0 Å². The zero-order valence-electron chi connectivity index (χ0n) is 16.3. The molecule has 7 heteroatoms. The van der Waals surface area contributed by atoms with Gasteiger partial charge in [-0.05, 0) is 62.2 Å². The number of amides is 1. The molecule has 0 atom stereocenters. The molecular weight excluding hydrogens is 358 g/mol. The van der Waals surface area contributed by atoms with Gasteiger partial charge in [0.05, 0.1) is 6.54 Å². The number of piperazine rings is 1. The maximum atomic E-state index is 12.3. The second-order valence-corrected chi connectivity index (χ2v) is 10.2. The number of aryl methyl sites for hydroxylation is 1. The third-order valence-corrected chi connectivity index (χ3v) is 8.37. The lowest BCUT2D eigenvalue weighted by Gasteiger charge is -2.58. The van der Waals surface area contributed by atoms with Crippen LogP contribution in [-0.4, -0.2) is 64.7 Å². The fraction of sp³-hybridized carbons (Fsp3) is 0.850. The van der Waals surface area contributed by atoms with Gasteiger partial charge in [-0.15, -0.1) is 10.2 Å². The highest BCUT2D eigenvalue weighted by Crippen LogP contribution is 2.55. The first-order chi connectivity index (χ1) is 13.2. The zero-order chi connectivity index (χ0) is 18.4. The fourth-order valence-electron chi connectivity index (χ4n) is 6.52. The van der Waals surface area contributed by atoms with Gasteiger partial charge in [0.2, 0.25) is 11.0 Å². The topological polar surface area (TPSA) is 61.4 Å². The second-order valence-electron chi connectivity index (χ2n) is 9.14. The van der Waals surface area contributed by atoms with Crippen LogP contribution in [0.1, 0.15) is 44.0 Å². The molecule has 1 aromatic rings. The number of nitrogens with zero attached hydrogens (tertiary/aromatic N) is 4. The van der Waals surface area contributed by atoms with Gasteiger partial charge in [0.25, 0.3) is 0 Å². The summed E-state index contributed by atoms with van der Waals surface area (Å²) in [5.74, 6) is 4.05. The van der Waals surface area contributed by atoms with Crippen LogP contribution in [0.4, 0.5) is 5.13 Å². The molecule has 1 aromatic heterocycles. The number of hydrogen-bond acceptors (Lipinski definition) is 6. The Morgan fingerprint density at radius 1 is 1.04 bits per heavy atom. The minimum Gasteiger partial charge on any atom is -0.299 e. The minimum atomic E-state index is 0.0388. The van der Waals surface area contributed by atoms with Crippen molar-refractivity contribution in [3.05, 3.63) is 5.01 Å². The van der Waals surface area contributed by atoms with Gasteiger partial charge in [-0.25, -0.2) is 0 Å². The highest BCUT2D eigenvalue weighted by atomic mass is 32.1. The zero-order valence-corrected chi connectivity index (χ0v) is 17.1. The third-order valence-electron chi connectivity index (χ3n) is 7.39.